The van der Waals surface area contributed by atoms with E-state index in [9.17, 15) is 9.59 Å². The summed E-state index contributed by atoms with van der Waals surface area (Å²) in [4.78, 5) is 36.7. The van der Waals surface area contributed by atoms with Crippen molar-refractivity contribution in [2.24, 2.45) is 11.8 Å². The minimum absolute atomic E-state index is 0.0782. The third-order valence-corrected chi connectivity index (χ3v) is 3.96. The van der Waals surface area contributed by atoms with Crippen LogP contribution in [0.4, 0.5) is 12.0 Å². The molecule has 0 aliphatic heterocycles. The predicted molar refractivity (Wildman–Crippen MR) is 101 cm³/mol. The first-order chi connectivity index (χ1) is 12.7. The van der Waals surface area contributed by atoms with Crippen LogP contribution in [0.25, 0.3) is 0 Å². The molecule has 0 aliphatic rings. The first-order valence-corrected chi connectivity index (χ1v) is 9.17. The monoisotopic (exact) mass is 376 g/mol. The van der Waals surface area contributed by atoms with Gasteiger partial charge in [0.25, 0.3) is 0 Å². The lowest BCUT2D eigenvalue weighted by Crippen LogP contribution is -2.39. The predicted octanol–water partition coefficient (Wildman–Crippen LogP) is 3.35. The van der Waals surface area contributed by atoms with Gasteiger partial charge in [0.1, 0.15) is 12.5 Å². The van der Waals surface area contributed by atoms with Crippen molar-refractivity contribution < 1.29 is 18.4 Å². The number of hydrogen-bond donors (Lipinski definition) is 0. The number of amides is 2. The molecule has 8 nitrogen and oxygen atoms in total. The SMILES string of the molecule is Cc1coc(N(CCCN(C(=O)C(C)C)c2nc(C)co2)C(=O)C(C)C)n1. The molecule has 0 saturated heterocycles. The van der Waals surface area contributed by atoms with E-state index in [0.29, 0.717) is 30.9 Å². The van der Waals surface area contributed by atoms with Gasteiger partial charge in [-0.3, -0.25) is 19.4 Å². The Morgan fingerprint density at radius 2 is 1.22 bits per heavy atom. The summed E-state index contributed by atoms with van der Waals surface area (Å²) >= 11 is 0. The van der Waals surface area contributed by atoms with Crippen molar-refractivity contribution in [1.82, 2.24) is 9.97 Å². The number of anilines is 2. The number of oxazole rings is 2. The Morgan fingerprint density at radius 3 is 1.48 bits per heavy atom. The van der Waals surface area contributed by atoms with E-state index in [1.807, 2.05) is 27.7 Å². The van der Waals surface area contributed by atoms with Crippen molar-refractivity contribution in [3.8, 4) is 0 Å². The van der Waals surface area contributed by atoms with Gasteiger partial charge in [0.05, 0.1) is 11.4 Å². The van der Waals surface area contributed by atoms with Crippen molar-refractivity contribution in [2.45, 2.75) is 48.0 Å². The van der Waals surface area contributed by atoms with Gasteiger partial charge in [-0.15, -0.1) is 0 Å². The van der Waals surface area contributed by atoms with E-state index in [0.717, 1.165) is 0 Å². The van der Waals surface area contributed by atoms with Crippen molar-refractivity contribution in [1.29, 1.82) is 0 Å². The highest BCUT2D eigenvalue weighted by Crippen LogP contribution is 2.19. The Labute approximate surface area is 159 Å². The third kappa shape index (κ3) is 5.18. The number of nitrogens with zero attached hydrogens (tertiary/aromatic N) is 4. The van der Waals surface area contributed by atoms with Gasteiger partial charge < -0.3 is 8.83 Å². The quantitative estimate of drug-likeness (QED) is 0.701. The number of aryl methyl sites for hydroxylation is 2. The zero-order valence-corrected chi connectivity index (χ0v) is 16.9. The molecule has 2 aromatic rings. The number of hydrogen-bond acceptors (Lipinski definition) is 6. The Bertz CT molecular complexity index is 714. The second-order valence-electron chi connectivity index (χ2n) is 7.19. The van der Waals surface area contributed by atoms with Gasteiger partial charge in [0.2, 0.25) is 11.8 Å². The summed E-state index contributed by atoms with van der Waals surface area (Å²) in [5.74, 6) is -0.545. The summed E-state index contributed by atoms with van der Waals surface area (Å²) < 4.78 is 10.8. The minimum atomic E-state index is -0.194. The molecule has 0 fully saturated rings. The van der Waals surface area contributed by atoms with E-state index in [-0.39, 0.29) is 35.7 Å². The van der Waals surface area contributed by atoms with Crippen LogP contribution in [-0.2, 0) is 9.59 Å². The van der Waals surface area contributed by atoms with Crippen LogP contribution in [0.15, 0.2) is 21.4 Å². The average Bonchev–Trinajstić information content (AvgIpc) is 3.22. The maximum absolute atomic E-state index is 12.6. The first-order valence-electron chi connectivity index (χ1n) is 9.17. The molecule has 0 bridgehead atoms. The van der Waals surface area contributed by atoms with Crippen molar-refractivity contribution in [3.05, 3.63) is 23.9 Å². The average molecular weight is 376 g/mol. The van der Waals surface area contributed by atoms with E-state index >= 15 is 0 Å². The van der Waals surface area contributed by atoms with Crippen LogP contribution in [0, 0.1) is 25.7 Å². The summed E-state index contributed by atoms with van der Waals surface area (Å²) in [7, 11) is 0. The van der Waals surface area contributed by atoms with Crippen LogP contribution in [0.5, 0.6) is 0 Å². The van der Waals surface area contributed by atoms with Crippen molar-refractivity contribution >= 4 is 23.8 Å². The Kier molecular flexibility index (Phi) is 6.76. The minimum Gasteiger partial charge on any atom is -0.431 e. The van der Waals surface area contributed by atoms with Crippen LogP contribution < -0.4 is 9.80 Å². The maximum atomic E-state index is 12.6. The van der Waals surface area contributed by atoms with Gasteiger partial charge >= 0.3 is 12.0 Å². The fourth-order valence-electron chi connectivity index (χ4n) is 2.54. The summed E-state index contributed by atoms with van der Waals surface area (Å²) in [6.07, 6.45) is 3.56. The summed E-state index contributed by atoms with van der Waals surface area (Å²) in [5.41, 5.74) is 1.41. The van der Waals surface area contributed by atoms with Crippen LogP contribution in [0.1, 0.15) is 45.5 Å². The normalized spacial score (nSPS) is 11.3. The van der Waals surface area contributed by atoms with Gasteiger partial charge in [-0.05, 0) is 20.3 Å². The zero-order chi connectivity index (χ0) is 20.1. The summed E-state index contributed by atoms with van der Waals surface area (Å²) in [5, 5.41) is 0. The molecule has 8 heteroatoms. The fourth-order valence-corrected chi connectivity index (χ4v) is 2.54. The molecule has 0 atom stereocenters. The van der Waals surface area contributed by atoms with E-state index < -0.39 is 0 Å². The van der Waals surface area contributed by atoms with Gasteiger partial charge in [0, 0.05) is 24.9 Å². The molecule has 2 amide bonds. The van der Waals surface area contributed by atoms with Crippen LogP contribution in [0.3, 0.4) is 0 Å². The lowest BCUT2D eigenvalue weighted by molar-refractivity contribution is -0.122. The fraction of sp³-hybridized carbons (Fsp3) is 0.579. The number of aromatic nitrogens is 2. The van der Waals surface area contributed by atoms with Gasteiger partial charge in [-0.2, -0.15) is 9.97 Å². The van der Waals surface area contributed by atoms with Crippen molar-refractivity contribution in [2.75, 3.05) is 22.9 Å². The van der Waals surface area contributed by atoms with Crippen LogP contribution >= 0.6 is 0 Å². The standard InChI is InChI=1S/C19H28N4O4/c1-12(2)16(24)22(18-20-14(5)10-26-18)8-7-9-23(17(25)13(3)4)19-21-15(6)11-27-19/h10-13H,7-9H2,1-6H3. The highest BCUT2D eigenvalue weighted by Gasteiger charge is 2.26. The lowest BCUT2D eigenvalue weighted by atomic mass is 10.1. The number of carbonyl (C=O) groups excluding carboxylic acids is 2. The molecule has 2 aromatic heterocycles. The molecule has 0 radical (unpaired) electrons. The first kappa shape index (κ1) is 20.7. The second kappa shape index (κ2) is 8.83. The van der Waals surface area contributed by atoms with E-state index in [1.165, 1.54) is 22.3 Å². The second-order valence-corrected chi connectivity index (χ2v) is 7.19. The molecule has 0 unspecified atom stereocenters. The summed E-state index contributed by atoms with van der Waals surface area (Å²) in [6.45, 7) is 11.7. The molecule has 27 heavy (non-hydrogen) atoms. The molecule has 0 aliphatic carbocycles. The highest BCUT2D eigenvalue weighted by atomic mass is 16.4. The van der Waals surface area contributed by atoms with Gasteiger partial charge in [-0.1, -0.05) is 27.7 Å². The lowest BCUT2D eigenvalue weighted by Gasteiger charge is -2.24. The molecule has 2 rings (SSSR count). The highest BCUT2D eigenvalue weighted by molar-refractivity contribution is 5.93. The molecule has 0 aromatic carbocycles. The Balaban J connectivity index is 2.12. The van der Waals surface area contributed by atoms with Gasteiger partial charge in [-0.25, -0.2) is 0 Å². The smallest absolute Gasteiger partial charge is 0.304 e. The summed E-state index contributed by atoms with van der Waals surface area (Å²) in [6, 6.07) is 0.555. The van der Waals surface area contributed by atoms with E-state index in [4.69, 9.17) is 8.83 Å². The van der Waals surface area contributed by atoms with Crippen LogP contribution in [0.2, 0.25) is 0 Å². The van der Waals surface area contributed by atoms with E-state index in [1.54, 1.807) is 13.8 Å². The topological polar surface area (TPSA) is 92.7 Å². The third-order valence-electron chi connectivity index (χ3n) is 3.96. The largest absolute Gasteiger partial charge is 0.431 e. The molecular weight excluding hydrogens is 348 g/mol. The van der Waals surface area contributed by atoms with E-state index in [2.05, 4.69) is 9.97 Å². The Morgan fingerprint density at radius 1 is 0.852 bits per heavy atom. The number of rotatable bonds is 8. The molecule has 0 spiro atoms. The molecule has 0 N–H and O–H groups in total. The molecule has 0 saturated carbocycles. The molecular formula is C19H28N4O4. The zero-order valence-electron chi connectivity index (χ0n) is 16.9. The Hall–Kier alpha value is -2.64. The van der Waals surface area contributed by atoms with Gasteiger partial charge in [0.15, 0.2) is 0 Å². The number of carbonyl (C=O) groups is 2. The molecule has 2 heterocycles. The maximum Gasteiger partial charge on any atom is 0.304 e. The van der Waals surface area contributed by atoms with Crippen LogP contribution in [-0.4, -0.2) is 34.9 Å². The van der Waals surface area contributed by atoms with Crippen molar-refractivity contribution in [3.63, 3.8) is 0 Å². The molecule has 148 valence electrons.